The van der Waals surface area contributed by atoms with Gasteiger partial charge in [-0.05, 0) is 48.5 Å². The van der Waals surface area contributed by atoms with Crippen molar-refractivity contribution < 1.29 is 29.0 Å². The van der Waals surface area contributed by atoms with Crippen LogP contribution in [0.2, 0.25) is 0 Å². The molecule has 2 N–H and O–H groups in total. The van der Waals surface area contributed by atoms with Crippen LogP contribution in [0, 0.1) is 0 Å². The Kier molecular flexibility index (Phi) is 6.11. The lowest BCUT2D eigenvalue weighted by molar-refractivity contribution is -0.139. The molecule has 7 nitrogen and oxygen atoms in total. The van der Waals surface area contributed by atoms with Crippen LogP contribution in [0.3, 0.4) is 0 Å². The van der Waals surface area contributed by atoms with Crippen LogP contribution in [-0.4, -0.2) is 29.6 Å². The molecule has 0 atom stereocenters. The molecule has 0 aliphatic rings. The zero-order chi connectivity index (χ0) is 18.2. The van der Waals surface area contributed by atoms with E-state index in [-0.39, 0.29) is 18.3 Å². The van der Waals surface area contributed by atoms with E-state index in [2.05, 4.69) is 5.32 Å². The predicted octanol–water partition coefficient (Wildman–Crippen LogP) is 2.72. The summed E-state index contributed by atoms with van der Waals surface area (Å²) in [6.45, 7) is 1.27. The summed E-state index contributed by atoms with van der Waals surface area (Å²) < 4.78 is 10.1. The smallest absolute Gasteiger partial charge is 0.341 e. The third-order valence-electron chi connectivity index (χ3n) is 3.11. The van der Waals surface area contributed by atoms with Crippen molar-refractivity contribution in [3.63, 3.8) is 0 Å². The van der Waals surface area contributed by atoms with E-state index in [1.807, 2.05) is 0 Å². The van der Waals surface area contributed by atoms with E-state index in [1.165, 1.54) is 0 Å². The number of nitrogens with one attached hydrogen (secondary N) is 1. The molecule has 0 aromatic heterocycles. The number of carboxylic acids is 1. The number of amides is 1. The number of carbonyl (C=O) groups is 3. The molecule has 7 heteroatoms. The lowest BCUT2D eigenvalue weighted by atomic mass is 10.2. The number of benzene rings is 2. The first kappa shape index (κ1) is 18.0. The van der Waals surface area contributed by atoms with Crippen molar-refractivity contribution in [1.29, 1.82) is 0 Å². The standard InChI is InChI=1S/C18H17NO6/c1-2-17(22)25-15-7-3-12(4-8-15)18(23)19-13-5-9-14(10-6-13)24-11-16(20)21/h3-10H,2,11H2,1H3,(H,19,23)(H,20,21). The molecule has 2 aromatic rings. The Bertz CT molecular complexity index is 752. The summed E-state index contributed by atoms with van der Waals surface area (Å²) in [4.78, 5) is 33.8. The Morgan fingerprint density at radius 1 is 0.960 bits per heavy atom. The first-order valence-electron chi connectivity index (χ1n) is 7.54. The Balaban J connectivity index is 1.94. The van der Waals surface area contributed by atoms with E-state index >= 15 is 0 Å². The molecule has 0 heterocycles. The summed E-state index contributed by atoms with van der Waals surface area (Å²) in [6, 6.07) is 12.5. The van der Waals surface area contributed by atoms with Crippen molar-refractivity contribution >= 4 is 23.5 Å². The van der Waals surface area contributed by atoms with Crippen LogP contribution < -0.4 is 14.8 Å². The lowest BCUT2D eigenvalue weighted by Gasteiger charge is -2.08. The van der Waals surface area contributed by atoms with Gasteiger partial charge in [0.1, 0.15) is 11.5 Å². The Morgan fingerprint density at radius 2 is 1.56 bits per heavy atom. The quantitative estimate of drug-likeness (QED) is 0.592. The Labute approximate surface area is 144 Å². The molecule has 0 saturated heterocycles. The summed E-state index contributed by atoms with van der Waals surface area (Å²) >= 11 is 0. The molecular weight excluding hydrogens is 326 g/mol. The van der Waals surface area contributed by atoms with Crippen molar-refractivity contribution in [2.24, 2.45) is 0 Å². The molecule has 2 aromatic carbocycles. The number of carboxylic acid groups (broad SMARTS) is 1. The number of hydrogen-bond donors (Lipinski definition) is 2. The number of rotatable bonds is 7. The van der Waals surface area contributed by atoms with Gasteiger partial charge in [0.25, 0.3) is 5.91 Å². The summed E-state index contributed by atoms with van der Waals surface area (Å²) in [6.07, 6.45) is 0.272. The maximum atomic E-state index is 12.2. The highest BCUT2D eigenvalue weighted by molar-refractivity contribution is 6.04. The fraction of sp³-hybridized carbons (Fsp3) is 0.167. The number of aliphatic carboxylic acids is 1. The number of anilines is 1. The van der Waals surface area contributed by atoms with Crippen LogP contribution >= 0.6 is 0 Å². The van der Waals surface area contributed by atoms with E-state index in [9.17, 15) is 14.4 Å². The molecule has 25 heavy (non-hydrogen) atoms. The van der Waals surface area contributed by atoms with Gasteiger partial charge in [0, 0.05) is 17.7 Å². The maximum Gasteiger partial charge on any atom is 0.341 e. The fourth-order valence-electron chi connectivity index (χ4n) is 1.86. The zero-order valence-corrected chi connectivity index (χ0v) is 13.5. The normalized spacial score (nSPS) is 9.96. The van der Waals surface area contributed by atoms with Crippen LogP contribution in [0.1, 0.15) is 23.7 Å². The van der Waals surface area contributed by atoms with Crippen molar-refractivity contribution in [2.75, 3.05) is 11.9 Å². The molecule has 0 fully saturated rings. The number of carbonyl (C=O) groups excluding carboxylic acids is 2. The monoisotopic (exact) mass is 343 g/mol. The molecule has 0 radical (unpaired) electrons. The Morgan fingerprint density at radius 3 is 2.12 bits per heavy atom. The number of ether oxygens (including phenoxy) is 2. The second kappa shape index (κ2) is 8.49. The largest absolute Gasteiger partial charge is 0.482 e. The molecule has 0 bridgehead atoms. The van der Waals surface area contributed by atoms with E-state index in [0.717, 1.165) is 0 Å². The van der Waals surface area contributed by atoms with Crippen molar-refractivity contribution in [2.45, 2.75) is 13.3 Å². The molecule has 0 spiro atoms. The minimum absolute atomic E-state index is 0.272. The van der Waals surface area contributed by atoms with Crippen molar-refractivity contribution in [3.05, 3.63) is 54.1 Å². The van der Waals surface area contributed by atoms with Gasteiger partial charge in [0.15, 0.2) is 6.61 Å². The van der Waals surface area contributed by atoms with Crippen LogP contribution in [0.4, 0.5) is 5.69 Å². The minimum atomic E-state index is -1.06. The van der Waals surface area contributed by atoms with Crippen LogP contribution in [-0.2, 0) is 9.59 Å². The molecule has 0 aliphatic carbocycles. The fourth-order valence-corrected chi connectivity index (χ4v) is 1.86. The van der Waals surface area contributed by atoms with Gasteiger partial charge in [-0.3, -0.25) is 9.59 Å². The second-order valence-electron chi connectivity index (χ2n) is 5.01. The average molecular weight is 343 g/mol. The highest BCUT2D eigenvalue weighted by Crippen LogP contribution is 2.18. The summed E-state index contributed by atoms with van der Waals surface area (Å²) in [5.41, 5.74) is 0.941. The summed E-state index contributed by atoms with van der Waals surface area (Å²) in [7, 11) is 0. The van der Waals surface area contributed by atoms with E-state index < -0.39 is 12.6 Å². The van der Waals surface area contributed by atoms with Crippen LogP contribution in [0.5, 0.6) is 11.5 Å². The van der Waals surface area contributed by atoms with E-state index in [4.69, 9.17) is 14.6 Å². The first-order valence-corrected chi connectivity index (χ1v) is 7.54. The first-order chi connectivity index (χ1) is 12.0. The third kappa shape index (κ3) is 5.65. The third-order valence-corrected chi connectivity index (χ3v) is 3.11. The number of hydrogen-bond acceptors (Lipinski definition) is 5. The average Bonchev–Trinajstić information content (AvgIpc) is 2.61. The van der Waals surface area contributed by atoms with Gasteiger partial charge in [-0.1, -0.05) is 6.92 Å². The van der Waals surface area contributed by atoms with Gasteiger partial charge in [-0.2, -0.15) is 0 Å². The van der Waals surface area contributed by atoms with Crippen LogP contribution in [0.15, 0.2) is 48.5 Å². The molecule has 1 amide bonds. The van der Waals surface area contributed by atoms with Gasteiger partial charge in [0.05, 0.1) is 0 Å². The van der Waals surface area contributed by atoms with Crippen molar-refractivity contribution in [3.8, 4) is 11.5 Å². The highest BCUT2D eigenvalue weighted by Gasteiger charge is 2.08. The van der Waals surface area contributed by atoms with Gasteiger partial charge in [0.2, 0.25) is 0 Å². The molecule has 2 rings (SSSR count). The molecule has 130 valence electrons. The number of esters is 1. The maximum absolute atomic E-state index is 12.2. The predicted molar refractivity (Wildman–Crippen MR) is 89.9 cm³/mol. The highest BCUT2D eigenvalue weighted by atomic mass is 16.5. The summed E-state index contributed by atoms with van der Waals surface area (Å²) in [5, 5.41) is 11.2. The molecule has 0 aliphatic heterocycles. The van der Waals surface area contributed by atoms with Gasteiger partial charge < -0.3 is 19.9 Å². The molecule has 0 saturated carbocycles. The van der Waals surface area contributed by atoms with Gasteiger partial charge in [-0.25, -0.2) is 4.79 Å². The second-order valence-corrected chi connectivity index (χ2v) is 5.01. The van der Waals surface area contributed by atoms with E-state index in [1.54, 1.807) is 55.5 Å². The zero-order valence-electron chi connectivity index (χ0n) is 13.5. The SMILES string of the molecule is CCC(=O)Oc1ccc(C(=O)Nc2ccc(OCC(=O)O)cc2)cc1. The van der Waals surface area contributed by atoms with Gasteiger partial charge in [-0.15, -0.1) is 0 Å². The Hall–Kier alpha value is -3.35. The van der Waals surface area contributed by atoms with Gasteiger partial charge >= 0.3 is 11.9 Å². The van der Waals surface area contributed by atoms with E-state index in [0.29, 0.717) is 22.7 Å². The molecule has 0 unspecified atom stereocenters. The lowest BCUT2D eigenvalue weighted by Crippen LogP contribution is -2.12. The minimum Gasteiger partial charge on any atom is -0.482 e. The summed E-state index contributed by atoms with van der Waals surface area (Å²) in [5.74, 6) is -0.966. The topological polar surface area (TPSA) is 102 Å². The van der Waals surface area contributed by atoms with Crippen LogP contribution in [0.25, 0.3) is 0 Å². The molecular formula is C18H17NO6. The van der Waals surface area contributed by atoms with Crippen molar-refractivity contribution in [1.82, 2.24) is 0 Å².